The number of hydrogen-bond acceptors (Lipinski definition) is 3. The maximum absolute atomic E-state index is 14.4. The molecule has 2 heterocycles. The molecule has 0 spiro atoms. The molecule has 0 amide bonds. The van der Waals surface area contributed by atoms with E-state index < -0.39 is 11.9 Å². The summed E-state index contributed by atoms with van der Waals surface area (Å²) in [6.45, 7) is 2.16. The Morgan fingerprint density at radius 3 is 2.70 bits per heavy atom. The van der Waals surface area contributed by atoms with Gasteiger partial charge in [0.15, 0.2) is 0 Å². The Hall–Kier alpha value is -2.02. The minimum Gasteiger partial charge on any atom is -0.390 e. The molecule has 27 heavy (non-hydrogen) atoms. The summed E-state index contributed by atoms with van der Waals surface area (Å²) in [6.07, 6.45) is 1.38. The summed E-state index contributed by atoms with van der Waals surface area (Å²) in [5.74, 6) is -0.468. The summed E-state index contributed by atoms with van der Waals surface area (Å²) in [5.41, 5.74) is 2.33. The fourth-order valence-electron chi connectivity index (χ4n) is 3.75. The van der Waals surface area contributed by atoms with E-state index in [1.165, 1.54) is 21.9 Å². The van der Waals surface area contributed by atoms with Crippen LogP contribution < -0.4 is 5.56 Å². The number of aliphatic hydroxyl groups excluding tert-OH is 1. The van der Waals surface area contributed by atoms with Gasteiger partial charge in [-0.15, -0.1) is 0 Å². The molecule has 1 aliphatic rings. The van der Waals surface area contributed by atoms with Gasteiger partial charge in [-0.05, 0) is 35.7 Å². The Kier molecular flexibility index (Phi) is 5.12. The van der Waals surface area contributed by atoms with E-state index in [-0.39, 0.29) is 17.5 Å². The third-order valence-corrected chi connectivity index (χ3v) is 5.58. The highest BCUT2D eigenvalue weighted by atomic mass is 79.9. The second kappa shape index (κ2) is 7.54. The minimum absolute atomic E-state index is 0.0693. The molecule has 0 saturated carbocycles. The van der Waals surface area contributed by atoms with Crippen LogP contribution in [0.25, 0.3) is 10.8 Å². The first kappa shape index (κ1) is 18.3. The summed E-state index contributed by atoms with van der Waals surface area (Å²) in [7, 11) is 0. The van der Waals surface area contributed by atoms with Crippen LogP contribution >= 0.6 is 15.9 Å². The van der Waals surface area contributed by atoms with E-state index in [4.69, 9.17) is 0 Å². The maximum atomic E-state index is 14.4. The third kappa shape index (κ3) is 3.83. The minimum atomic E-state index is -0.750. The molecule has 140 valence electrons. The number of fused-ring (bicyclic) bond motifs is 2. The molecule has 0 aliphatic carbocycles. The number of aromatic nitrogens is 1. The Bertz CT molecular complexity index is 1050. The van der Waals surface area contributed by atoms with Crippen LogP contribution in [0, 0.1) is 5.82 Å². The van der Waals surface area contributed by atoms with E-state index in [0.717, 1.165) is 24.0 Å². The van der Waals surface area contributed by atoms with Crippen molar-refractivity contribution >= 4 is 26.7 Å². The summed E-state index contributed by atoms with van der Waals surface area (Å²) in [4.78, 5) is 14.8. The van der Waals surface area contributed by atoms with Crippen LogP contribution in [-0.2, 0) is 19.5 Å². The molecule has 1 N–H and O–H groups in total. The molecule has 2 aromatic carbocycles. The maximum Gasteiger partial charge on any atom is 0.258 e. The van der Waals surface area contributed by atoms with Crippen molar-refractivity contribution in [3.05, 3.63) is 80.4 Å². The number of benzene rings is 2. The van der Waals surface area contributed by atoms with Crippen LogP contribution in [0.1, 0.15) is 11.1 Å². The SMILES string of the molecule is O=c1c2ccc(Br)cc2c(F)cn1C[C@H](O)CN1CCc2ccccc2C1. The number of pyridine rings is 1. The molecule has 4 nitrogen and oxygen atoms in total. The second-order valence-corrected chi connectivity index (χ2v) is 7.95. The molecular weight excluding hydrogens is 411 g/mol. The molecular formula is C21H20BrFN2O2. The lowest BCUT2D eigenvalue weighted by molar-refractivity contribution is 0.0909. The number of hydrogen-bond donors (Lipinski definition) is 1. The molecule has 3 aromatic rings. The average Bonchev–Trinajstić information content (AvgIpc) is 2.65. The first-order chi connectivity index (χ1) is 13.0. The number of β-amino-alcohol motifs (C(OH)–C–C–N with tert-alkyl or cyclic N) is 1. The van der Waals surface area contributed by atoms with Crippen molar-refractivity contribution in [2.75, 3.05) is 13.1 Å². The van der Waals surface area contributed by atoms with E-state index in [0.29, 0.717) is 11.9 Å². The van der Waals surface area contributed by atoms with E-state index >= 15 is 0 Å². The lowest BCUT2D eigenvalue weighted by Gasteiger charge is -2.30. The third-order valence-electron chi connectivity index (χ3n) is 5.09. The monoisotopic (exact) mass is 430 g/mol. The van der Waals surface area contributed by atoms with Crippen molar-refractivity contribution in [2.24, 2.45) is 0 Å². The molecule has 0 saturated heterocycles. The Labute approximate surface area is 165 Å². The predicted octanol–water partition coefficient (Wildman–Crippen LogP) is 3.32. The van der Waals surface area contributed by atoms with Crippen LogP contribution in [0.4, 0.5) is 4.39 Å². The van der Waals surface area contributed by atoms with Crippen molar-refractivity contribution in [1.82, 2.24) is 9.47 Å². The summed E-state index contributed by atoms with van der Waals surface area (Å²) >= 11 is 3.30. The van der Waals surface area contributed by atoms with Crippen molar-refractivity contribution < 1.29 is 9.50 Å². The number of rotatable bonds is 4. The van der Waals surface area contributed by atoms with Gasteiger partial charge in [-0.1, -0.05) is 40.2 Å². The van der Waals surface area contributed by atoms with Gasteiger partial charge < -0.3 is 9.67 Å². The van der Waals surface area contributed by atoms with Crippen LogP contribution in [0.2, 0.25) is 0 Å². The Morgan fingerprint density at radius 2 is 1.89 bits per heavy atom. The van der Waals surface area contributed by atoms with Crippen LogP contribution in [-0.4, -0.2) is 33.8 Å². The van der Waals surface area contributed by atoms with E-state index in [1.54, 1.807) is 18.2 Å². The summed E-state index contributed by atoms with van der Waals surface area (Å²) in [5, 5.41) is 11.1. The summed E-state index contributed by atoms with van der Waals surface area (Å²) in [6, 6.07) is 13.2. The van der Waals surface area contributed by atoms with Gasteiger partial charge >= 0.3 is 0 Å². The molecule has 1 aliphatic heterocycles. The molecule has 1 atom stereocenters. The fraction of sp³-hybridized carbons (Fsp3) is 0.286. The number of nitrogens with zero attached hydrogens (tertiary/aromatic N) is 2. The Balaban J connectivity index is 1.50. The highest BCUT2D eigenvalue weighted by Crippen LogP contribution is 2.21. The van der Waals surface area contributed by atoms with Gasteiger partial charge in [-0.3, -0.25) is 9.69 Å². The quantitative estimate of drug-likeness (QED) is 0.690. The zero-order valence-corrected chi connectivity index (χ0v) is 16.3. The zero-order chi connectivity index (χ0) is 19.0. The van der Waals surface area contributed by atoms with Crippen molar-refractivity contribution in [2.45, 2.75) is 25.6 Å². The van der Waals surface area contributed by atoms with Gasteiger partial charge in [0, 0.05) is 35.7 Å². The van der Waals surface area contributed by atoms with Crippen LogP contribution in [0.5, 0.6) is 0 Å². The average molecular weight is 431 g/mol. The zero-order valence-electron chi connectivity index (χ0n) is 14.7. The van der Waals surface area contributed by atoms with E-state index in [9.17, 15) is 14.3 Å². The molecule has 0 bridgehead atoms. The standard InChI is InChI=1S/C21H20BrFN2O2/c22-16-5-6-18-19(9-16)20(23)13-25(21(18)27)12-17(26)11-24-8-7-14-3-1-2-4-15(14)10-24/h1-6,9,13,17,26H,7-8,10-12H2/t17-/m1/s1. The first-order valence-corrected chi connectivity index (χ1v) is 9.76. The highest BCUT2D eigenvalue weighted by molar-refractivity contribution is 9.10. The normalized spacial score (nSPS) is 15.7. The van der Waals surface area contributed by atoms with Gasteiger partial charge in [0.05, 0.1) is 18.0 Å². The molecule has 4 rings (SSSR count). The number of halogens is 2. The van der Waals surface area contributed by atoms with Crippen molar-refractivity contribution in [1.29, 1.82) is 0 Å². The molecule has 6 heteroatoms. The van der Waals surface area contributed by atoms with Crippen LogP contribution in [0.15, 0.2) is 57.9 Å². The first-order valence-electron chi connectivity index (χ1n) is 8.96. The topological polar surface area (TPSA) is 45.5 Å². The van der Waals surface area contributed by atoms with Crippen LogP contribution in [0.3, 0.4) is 0 Å². The molecule has 0 radical (unpaired) electrons. The van der Waals surface area contributed by atoms with Gasteiger partial charge in [0.1, 0.15) is 5.82 Å². The number of aliphatic hydroxyl groups is 1. The van der Waals surface area contributed by atoms with E-state index in [1.807, 2.05) is 12.1 Å². The lowest BCUT2D eigenvalue weighted by Crippen LogP contribution is -2.39. The molecule has 0 fully saturated rings. The lowest BCUT2D eigenvalue weighted by atomic mass is 10.00. The summed E-state index contributed by atoms with van der Waals surface area (Å²) < 4.78 is 16.4. The van der Waals surface area contributed by atoms with E-state index in [2.05, 4.69) is 33.0 Å². The second-order valence-electron chi connectivity index (χ2n) is 7.03. The molecule has 1 aromatic heterocycles. The largest absolute Gasteiger partial charge is 0.390 e. The predicted molar refractivity (Wildman–Crippen MR) is 107 cm³/mol. The van der Waals surface area contributed by atoms with Gasteiger partial charge in [0.2, 0.25) is 0 Å². The Morgan fingerprint density at radius 1 is 1.11 bits per heavy atom. The van der Waals surface area contributed by atoms with Crippen molar-refractivity contribution in [3.8, 4) is 0 Å². The smallest absolute Gasteiger partial charge is 0.258 e. The highest BCUT2D eigenvalue weighted by Gasteiger charge is 2.19. The van der Waals surface area contributed by atoms with Gasteiger partial charge in [-0.2, -0.15) is 0 Å². The van der Waals surface area contributed by atoms with Gasteiger partial charge in [0.25, 0.3) is 5.56 Å². The fourth-order valence-corrected chi connectivity index (χ4v) is 4.11. The molecule has 0 unspecified atom stereocenters. The van der Waals surface area contributed by atoms with Gasteiger partial charge in [-0.25, -0.2) is 4.39 Å². The van der Waals surface area contributed by atoms with Crippen molar-refractivity contribution in [3.63, 3.8) is 0 Å².